The zero-order chi connectivity index (χ0) is 35.6. The zero-order valence-electron chi connectivity index (χ0n) is 30.1. The molecule has 0 heterocycles. The molecule has 0 bridgehead atoms. The lowest BCUT2D eigenvalue weighted by Crippen LogP contribution is -2.37. The molecule has 51 heavy (non-hydrogen) atoms. The van der Waals surface area contributed by atoms with Crippen molar-refractivity contribution in [3.05, 3.63) is 141 Å². The van der Waals surface area contributed by atoms with Gasteiger partial charge in [-0.3, -0.25) is 14.4 Å². The van der Waals surface area contributed by atoms with E-state index in [1.54, 1.807) is 0 Å². The van der Waals surface area contributed by atoms with Gasteiger partial charge in [0, 0.05) is 0 Å². The van der Waals surface area contributed by atoms with Gasteiger partial charge < -0.3 is 14.2 Å². The molecule has 3 aliphatic carbocycles. The molecule has 0 spiro atoms. The zero-order valence-corrected chi connectivity index (χ0v) is 30.1. The molecular formula is C45H48O6. The van der Waals surface area contributed by atoms with Crippen LogP contribution in [-0.2, 0) is 86.4 Å². The van der Waals surface area contributed by atoms with Gasteiger partial charge in [0.1, 0.15) is 0 Å². The molecule has 0 amide bonds. The summed E-state index contributed by atoms with van der Waals surface area (Å²) in [5, 5.41) is 0. The van der Waals surface area contributed by atoms with Crippen LogP contribution in [0, 0.1) is 16.2 Å². The van der Waals surface area contributed by atoms with Gasteiger partial charge in [0.25, 0.3) is 0 Å². The largest absolute Gasteiger partial charge is 0.466 e. The lowest BCUT2D eigenvalue weighted by Gasteiger charge is -2.28. The van der Waals surface area contributed by atoms with E-state index < -0.39 is 16.2 Å². The molecule has 0 aliphatic heterocycles. The van der Waals surface area contributed by atoms with Crippen molar-refractivity contribution in [2.24, 2.45) is 16.2 Å². The maximum absolute atomic E-state index is 14.2. The third kappa shape index (κ3) is 6.39. The number of hydrogen-bond acceptors (Lipinski definition) is 6. The van der Waals surface area contributed by atoms with Crippen molar-refractivity contribution in [3.8, 4) is 0 Å². The second-order valence-electron chi connectivity index (χ2n) is 14.9. The van der Waals surface area contributed by atoms with Gasteiger partial charge in [-0.1, -0.05) is 91.0 Å². The molecule has 0 aromatic heterocycles. The van der Waals surface area contributed by atoms with Gasteiger partial charge in [0.2, 0.25) is 0 Å². The van der Waals surface area contributed by atoms with E-state index >= 15 is 0 Å². The van der Waals surface area contributed by atoms with E-state index in [0.717, 1.165) is 50.1 Å². The van der Waals surface area contributed by atoms with Crippen LogP contribution in [0.15, 0.2) is 91.0 Å². The van der Waals surface area contributed by atoms with Crippen LogP contribution in [0.3, 0.4) is 0 Å². The standard InChI is InChI=1S/C45H48O6/c1-4-49-40(46)43(22-31-16-10-7-11-17-31)25-34-35(26-43)37-28-45(42(48)51-6-3,24-33-20-14-9-15-21-33)30-39(37)38-29-44(27-36(34)38,41(47)50-5-2)23-32-18-12-8-13-19-32/h7-21H,4-6,22-30H2,1-3H3. The Kier molecular flexibility index (Phi) is 9.62. The number of carbonyl (C=O) groups is 3. The maximum Gasteiger partial charge on any atom is 0.313 e. The number of ether oxygens (including phenoxy) is 3. The first-order valence-electron chi connectivity index (χ1n) is 18.6. The second-order valence-corrected chi connectivity index (χ2v) is 14.9. The highest BCUT2D eigenvalue weighted by molar-refractivity contribution is 5.85. The van der Waals surface area contributed by atoms with Crippen molar-refractivity contribution >= 4 is 17.9 Å². The Bertz CT molecular complexity index is 1630. The SMILES string of the molecule is CCOC(=O)C1(Cc2ccccc2)Cc2c3c(c4c(c2C1)CC(Cc1ccccc1)(C(=O)OCC)C4)CC(Cc1ccccc1)(C(=O)OCC)C3. The number of carbonyl (C=O) groups excluding carboxylic acids is 3. The average molecular weight is 685 g/mol. The van der Waals surface area contributed by atoms with E-state index in [9.17, 15) is 14.4 Å². The van der Waals surface area contributed by atoms with Crippen LogP contribution in [0.2, 0.25) is 0 Å². The Labute approximate surface area is 301 Å². The van der Waals surface area contributed by atoms with Gasteiger partial charge in [-0.2, -0.15) is 0 Å². The van der Waals surface area contributed by atoms with E-state index in [1.165, 1.54) is 0 Å². The van der Waals surface area contributed by atoms with Crippen molar-refractivity contribution in [2.45, 2.75) is 78.6 Å². The van der Waals surface area contributed by atoms with E-state index in [4.69, 9.17) is 14.2 Å². The molecule has 6 nitrogen and oxygen atoms in total. The molecule has 4 aromatic carbocycles. The predicted molar refractivity (Wildman–Crippen MR) is 196 cm³/mol. The molecule has 3 aliphatic rings. The minimum Gasteiger partial charge on any atom is -0.466 e. The molecule has 0 radical (unpaired) electrons. The van der Waals surface area contributed by atoms with Gasteiger partial charge in [-0.05, 0) is 129 Å². The Morgan fingerprint density at radius 2 is 0.627 bits per heavy atom. The summed E-state index contributed by atoms with van der Waals surface area (Å²) in [5.41, 5.74) is 7.81. The van der Waals surface area contributed by atoms with Crippen LogP contribution in [0.25, 0.3) is 0 Å². The fraction of sp³-hybridized carbons (Fsp3) is 0.400. The van der Waals surface area contributed by atoms with Crippen molar-refractivity contribution < 1.29 is 28.6 Å². The van der Waals surface area contributed by atoms with Crippen molar-refractivity contribution in [3.63, 3.8) is 0 Å². The number of esters is 3. The summed E-state index contributed by atoms with van der Waals surface area (Å²) < 4.78 is 17.6. The highest BCUT2D eigenvalue weighted by atomic mass is 16.5. The van der Waals surface area contributed by atoms with Gasteiger partial charge >= 0.3 is 17.9 Å². The van der Waals surface area contributed by atoms with Crippen LogP contribution in [0.4, 0.5) is 0 Å². The molecular weight excluding hydrogens is 636 g/mol. The molecule has 0 unspecified atom stereocenters. The van der Waals surface area contributed by atoms with Gasteiger partial charge in [-0.15, -0.1) is 0 Å². The molecule has 7 rings (SSSR count). The summed E-state index contributed by atoms with van der Waals surface area (Å²) in [6.07, 6.45) is 4.81. The maximum atomic E-state index is 14.2. The van der Waals surface area contributed by atoms with Crippen molar-refractivity contribution in [1.82, 2.24) is 0 Å². The van der Waals surface area contributed by atoms with Crippen LogP contribution >= 0.6 is 0 Å². The van der Waals surface area contributed by atoms with E-state index in [-0.39, 0.29) is 17.9 Å². The molecule has 6 heteroatoms. The normalized spacial score (nSPS) is 22.9. The number of hydrogen-bond donors (Lipinski definition) is 0. The van der Waals surface area contributed by atoms with Gasteiger partial charge in [-0.25, -0.2) is 0 Å². The quantitative estimate of drug-likeness (QED) is 0.115. The lowest BCUT2D eigenvalue weighted by molar-refractivity contribution is -0.155. The lowest BCUT2D eigenvalue weighted by atomic mass is 9.77. The fourth-order valence-electron chi connectivity index (χ4n) is 9.43. The van der Waals surface area contributed by atoms with E-state index in [0.29, 0.717) is 77.6 Å². The Hall–Kier alpha value is -4.71. The highest BCUT2D eigenvalue weighted by Crippen LogP contribution is 2.56. The van der Waals surface area contributed by atoms with Gasteiger partial charge in [0.15, 0.2) is 0 Å². The van der Waals surface area contributed by atoms with E-state index in [1.807, 2.05) is 75.4 Å². The first-order valence-corrected chi connectivity index (χ1v) is 18.6. The molecule has 0 fully saturated rings. The van der Waals surface area contributed by atoms with Gasteiger partial charge in [0.05, 0.1) is 36.1 Å². The molecule has 0 saturated heterocycles. The predicted octanol–water partition coefficient (Wildman–Crippen LogP) is 7.36. The smallest absolute Gasteiger partial charge is 0.313 e. The summed E-state index contributed by atoms with van der Waals surface area (Å²) in [6, 6.07) is 30.5. The molecule has 0 N–H and O–H groups in total. The molecule has 264 valence electrons. The number of benzene rings is 4. The van der Waals surface area contributed by atoms with Crippen molar-refractivity contribution in [2.75, 3.05) is 19.8 Å². The van der Waals surface area contributed by atoms with Crippen LogP contribution in [-0.4, -0.2) is 37.7 Å². The topological polar surface area (TPSA) is 78.9 Å². The number of fused-ring (bicyclic) bond motifs is 6. The fourth-order valence-corrected chi connectivity index (χ4v) is 9.43. The first-order chi connectivity index (χ1) is 24.7. The van der Waals surface area contributed by atoms with E-state index in [2.05, 4.69) is 36.4 Å². The summed E-state index contributed by atoms with van der Waals surface area (Å²) in [4.78, 5) is 42.6. The third-order valence-electron chi connectivity index (χ3n) is 11.6. The van der Waals surface area contributed by atoms with Crippen LogP contribution in [0.1, 0.15) is 70.8 Å². The minimum atomic E-state index is -0.800. The van der Waals surface area contributed by atoms with Crippen LogP contribution < -0.4 is 0 Å². The summed E-state index contributed by atoms with van der Waals surface area (Å²) in [7, 11) is 0. The van der Waals surface area contributed by atoms with Crippen LogP contribution in [0.5, 0.6) is 0 Å². The number of rotatable bonds is 12. The summed E-state index contributed by atoms with van der Waals surface area (Å²) in [5.74, 6) is -0.568. The molecule has 0 saturated carbocycles. The monoisotopic (exact) mass is 684 g/mol. The van der Waals surface area contributed by atoms with Crippen molar-refractivity contribution in [1.29, 1.82) is 0 Å². The minimum absolute atomic E-state index is 0.189. The highest BCUT2D eigenvalue weighted by Gasteiger charge is 2.56. The second kappa shape index (κ2) is 14.1. The Balaban J connectivity index is 1.40. The Morgan fingerprint density at radius 1 is 0.412 bits per heavy atom. The summed E-state index contributed by atoms with van der Waals surface area (Å²) >= 11 is 0. The molecule has 4 aromatic rings. The average Bonchev–Trinajstić information content (AvgIpc) is 3.84. The molecule has 0 atom stereocenters. The summed E-state index contributed by atoms with van der Waals surface area (Å²) in [6.45, 7) is 6.48. The first kappa shape index (κ1) is 34.7. The Morgan fingerprint density at radius 3 is 0.824 bits per heavy atom. The third-order valence-corrected chi connectivity index (χ3v) is 11.6.